The summed E-state index contributed by atoms with van der Waals surface area (Å²) in [5.41, 5.74) is 3.26. The third-order valence-corrected chi connectivity index (χ3v) is 11.9. The molecule has 0 fully saturated rings. The zero-order valence-corrected chi connectivity index (χ0v) is 24.8. The first-order valence-electron chi connectivity index (χ1n) is 12.7. The molecule has 0 spiro atoms. The average molecular weight is 566 g/mol. The highest BCUT2D eigenvalue weighted by molar-refractivity contribution is 6.74. The van der Waals surface area contributed by atoms with Crippen LogP contribution in [0.5, 0.6) is 0 Å². The number of aromatic nitrogens is 4. The Morgan fingerprint density at radius 2 is 1.82 bits per heavy atom. The van der Waals surface area contributed by atoms with Crippen LogP contribution in [0.4, 0.5) is 16.0 Å². The second-order valence-corrected chi connectivity index (χ2v) is 16.2. The van der Waals surface area contributed by atoms with E-state index in [0.717, 1.165) is 11.4 Å². The van der Waals surface area contributed by atoms with Crippen LogP contribution in [0.15, 0.2) is 71.9 Å². The molecule has 7 nitrogen and oxygen atoms in total. The van der Waals surface area contributed by atoms with Crippen molar-refractivity contribution in [3.05, 3.63) is 99.6 Å². The Bertz CT molecular complexity index is 1540. The van der Waals surface area contributed by atoms with Gasteiger partial charge in [0.25, 0.3) is 5.56 Å². The van der Waals surface area contributed by atoms with Crippen molar-refractivity contribution in [1.29, 1.82) is 0 Å². The zero-order chi connectivity index (χ0) is 28.4. The van der Waals surface area contributed by atoms with Crippen molar-refractivity contribution in [3.63, 3.8) is 0 Å². The lowest BCUT2D eigenvalue weighted by Crippen LogP contribution is -2.43. The Balaban J connectivity index is 1.66. The molecule has 204 valence electrons. The predicted molar refractivity (Wildman–Crippen MR) is 157 cm³/mol. The number of anilines is 2. The molecule has 0 aliphatic carbocycles. The number of hydrogen-bond donors (Lipinski definition) is 1. The van der Waals surface area contributed by atoms with Gasteiger partial charge in [0.05, 0.1) is 23.4 Å². The molecule has 0 saturated carbocycles. The Labute approximate surface area is 234 Å². The molecular weight excluding hydrogens is 533 g/mol. The van der Waals surface area contributed by atoms with E-state index in [0.29, 0.717) is 22.8 Å². The van der Waals surface area contributed by atoms with Crippen LogP contribution in [0.1, 0.15) is 38.1 Å². The highest BCUT2D eigenvalue weighted by Crippen LogP contribution is 2.37. The first kappa shape index (κ1) is 28.6. The average Bonchev–Trinajstić information content (AvgIpc) is 2.86. The van der Waals surface area contributed by atoms with Gasteiger partial charge in [0.15, 0.2) is 8.32 Å². The zero-order valence-electron chi connectivity index (χ0n) is 23.0. The summed E-state index contributed by atoms with van der Waals surface area (Å²) in [4.78, 5) is 26.5. The van der Waals surface area contributed by atoms with Crippen molar-refractivity contribution < 1.29 is 8.82 Å². The topological polar surface area (TPSA) is 81.9 Å². The van der Waals surface area contributed by atoms with Crippen LogP contribution in [0.25, 0.3) is 11.3 Å². The van der Waals surface area contributed by atoms with Gasteiger partial charge in [0.1, 0.15) is 5.82 Å². The summed E-state index contributed by atoms with van der Waals surface area (Å²) in [5.74, 6) is -0.138. The van der Waals surface area contributed by atoms with Crippen LogP contribution >= 0.6 is 11.6 Å². The van der Waals surface area contributed by atoms with Gasteiger partial charge in [-0.25, -0.2) is 14.4 Å². The van der Waals surface area contributed by atoms with Gasteiger partial charge in [0, 0.05) is 41.6 Å². The van der Waals surface area contributed by atoms with Crippen LogP contribution in [-0.2, 0) is 4.43 Å². The molecule has 3 aromatic heterocycles. The van der Waals surface area contributed by atoms with E-state index in [-0.39, 0.29) is 22.2 Å². The molecule has 4 rings (SSSR count). The van der Waals surface area contributed by atoms with Crippen LogP contribution in [0.2, 0.25) is 23.2 Å². The molecule has 1 unspecified atom stereocenters. The molecule has 0 bridgehead atoms. The Kier molecular flexibility index (Phi) is 8.34. The SMILES string of the molecule is Cc1cc(Nc2nccc(-c3ccn(C(CO[Si](C)(C)C(C)(C)C)c4ccc(Cl)c(F)c4)c(=O)c3)n2)ccn1. The smallest absolute Gasteiger partial charge is 0.251 e. The van der Waals surface area contributed by atoms with Crippen molar-refractivity contribution >= 4 is 31.6 Å². The molecule has 39 heavy (non-hydrogen) atoms. The summed E-state index contributed by atoms with van der Waals surface area (Å²) in [7, 11) is -2.14. The molecule has 3 heterocycles. The van der Waals surface area contributed by atoms with Crippen molar-refractivity contribution in [2.45, 2.75) is 51.9 Å². The van der Waals surface area contributed by atoms with Gasteiger partial charge in [-0.15, -0.1) is 0 Å². The second kappa shape index (κ2) is 11.4. The fourth-order valence-corrected chi connectivity index (χ4v) is 4.92. The standard InChI is InChI=1S/C29H33ClFN5O2Si/c1-19-15-22(9-12-32-19)34-28-33-13-10-25(35-28)20-11-14-36(27(37)17-20)26(18-38-39(5,6)29(2,3)4)21-7-8-23(30)24(31)16-21/h7-17,26H,18H2,1-6H3,(H,32,33,34,35). The Morgan fingerprint density at radius 1 is 1.08 bits per heavy atom. The third-order valence-electron chi connectivity index (χ3n) is 7.12. The number of nitrogens with one attached hydrogen (secondary N) is 1. The molecule has 1 N–H and O–H groups in total. The maximum absolute atomic E-state index is 14.4. The molecule has 0 aliphatic rings. The van der Waals surface area contributed by atoms with Crippen molar-refractivity contribution in [3.8, 4) is 11.3 Å². The number of pyridine rings is 2. The molecule has 1 atom stereocenters. The fourth-order valence-electron chi connectivity index (χ4n) is 3.80. The first-order valence-corrected chi connectivity index (χ1v) is 16.0. The van der Waals surface area contributed by atoms with E-state index in [1.807, 2.05) is 25.1 Å². The van der Waals surface area contributed by atoms with Crippen LogP contribution < -0.4 is 10.9 Å². The molecule has 0 amide bonds. The molecule has 4 aromatic rings. The van der Waals surface area contributed by atoms with Crippen LogP contribution in [0.3, 0.4) is 0 Å². The van der Waals surface area contributed by atoms with Crippen molar-refractivity contribution in [2.75, 3.05) is 11.9 Å². The summed E-state index contributed by atoms with van der Waals surface area (Å²) < 4.78 is 22.5. The van der Waals surface area contributed by atoms with Crippen molar-refractivity contribution in [2.24, 2.45) is 0 Å². The van der Waals surface area contributed by atoms with E-state index in [1.54, 1.807) is 35.3 Å². The lowest BCUT2D eigenvalue weighted by Gasteiger charge is -2.37. The summed E-state index contributed by atoms with van der Waals surface area (Å²) >= 11 is 5.94. The lowest BCUT2D eigenvalue weighted by molar-refractivity contribution is 0.246. The normalized spacial score (nSPS) is 12.8. The molecule has 1 aromatic carbocycles. The molecule has 0 aliphatic heterocycles. The highest BCUT2D eigenvalue weighted by atomic mass is 35.5. The summed E-state index contributed by atoms with van der Waals surface area (Å²) in [5, 5.41) is 3.17. The minimum Gasteiger partial charge on any atom is -0.414 e. The van der Waals surface area contributed by atoms with Gasteiger partial charge in [-0.3, -0.25) is 9.78 Å². The fraction of sp³-hybridized carbons (Fsp3) is 0.310. The van der Waals surface area contributed by atoms with Gasteiger partial charge in [-0.05, 0) is 67.0 Å². The van der Waals surface area contributed by atoms with Crippen LogP contribution in [-0.4, -0.2) is 34.4 Å². The third kappa shape index (κ3) is 6.79. The van der Waals surface area contributed by atoms with E-state index in [4.69, 9.17) is 16.0 Å². The maximum atomic E-state index is 14.4. The summed E-state index contributed by atoms with van der Waals surface area (Å²) in [6.45, 7) is 12.9. The molecular formula is C29H33ClFN5O2Si. The number of benzene rings is 1. The lowest BCUT2D eigenvalue weighted by atomic mass is 10.1. The minimum atomic E-state index is -2.14. The molecule has 0 radical (unpaired) electrons. The van der Waals surface area contributed by atoms with Gasteiger partial charge in [-0.2, -0.15) is 0 Å². The predicted octanol–water partition coefficient (Wildman–Crippen LogP) is 7.16. The van der Waals surface area contributed by atoms with E-state index in [1.165, 1.54) is 18.2 Å². The van der Waals surface area contributed by atoms with E-state index in [2.05, 4.69) is 54.1 Å². The van der Waals surface area contributed by atoms with Crippen LogP contribution in [0, 0.1) is 12.7 Å². The Hall–Kier alpha value is -3.40. The van der Waals surface area contributed by atoms with Gasteiger partial charge in [0.2, 0.25) is 5.95 Å². The van der Waals surface area contributed by atoms with Crippen molar-refractivity contribution in [1.82, 2.24) is 19.5 Å². The van der Waals surface area contributed by atoms with Gasteiger partial charge < -0.3 is 14.3 Å². The Morgan fingerprint density at radius 3 is 2.49 bits per heavy atom. The molecule has 0 saturated heterocycles. The highest BCUT2D eigenvalue weighted by Gasteiger charge is 2.38. The summed E-state index contributed by atoms with van der Waals surface area (Å²) in [6.07, 6.45) is 5.04. The van der Waals surface area contributed by atoms with E-state index < -0.39 is 20.2 Å². The summed E-state index contributed by atoms with van der Waals surface area (Å²) in [6, 6.07) is 12.9. The quantitative estimate of drug-likeness (QED) is 0.228. The van der Waals surface area contributed by atoms with Gasteiger partial charge >= 0.3 is 0 Å². The number of nitrogens with zero attached hydrogens (tertiary/aromatic N) is 4. The monoisotopic (exact) mass is 565 g/mol. The second-order valence-electron chi connectivity index (χ2n) is 11.0. The number of aryl methyl sites for hydroxylation is 1. The number of hydrogen-bond acceptors (Lipinski definition) is 6. The first-order chi connectivity index (χ1) is 18.3. The van der Waals surface area contributed by atoms with E-state index >= 15 is 0 Å². The minimum absolute atomic E-state index is 0.0225. The van der Waals surface area contributed by atoms with E-state index in [9.17, 15) is 9.18 Å². The van der Waals surface area contributed by atoms with Gasteiger partial charge in [-0.1, -0.05) is 38.4 Å². The maximum Gasteiger partial charge on any atom is 0.251 e. The number of halogens is 2. The number of rotatable bonds is 8. The largest absolute Gasteiger partial charge is 0.414 e. The molecule has 10 heteroatoms.